The number of hydrogen-bond donors (Lipinski definition) is 2. The SMILES string of the molecule is CCc1ccc(NC(=O)[C@H]2CCCN(C(=O)c3cc(-c4cccnc4)n[nH]3)C2)cc1. The molecule has 2 amide bonds. The average molecular weight is 403 g/mol. The number of rotatable bonds is 5. The highest BCUT2D eigenvalue weighted by Crippen LogP contribution is 2.22. The second-order valence-electron chi connectivity index (χ2n) is 7.54. The second kappa shape index (κ2) is 8.90. The summed E-state index contributed by atoms with van der Waals surface area (Å²) in [6, 6.07) is 13.3. The lowest BCUT2D eigenvalue weighted by Gasteiger charge is -2.31. The van der Waals surface area contributed by atoms with E-state index in [0.29, 0.717) is 24.5 Å². The number of aromatic amines is 1. The monoisotopic (exact) mass is 403 g/mol. The largest absolute Gasteiger partial charge is 0.337 e. The molecule has 2 aromatic heterocycles. The number of hydrogen-bond acceptors (Lipinski definition) is 4. The van der Waals surface area contributed by atoms with Crippen LogP contribution in [0.3, 0.4) is 0 Å². The van der Waals surface area contributed by atoms with Gasteiger partial charge in [-0.05, 0) is 55.2 Å². The van der Waals surface area contributed by atoms with E-state index >= 15 is 0 Å². The Morgan fingerprint density at radius 2 is 2.07 bits per heavy atom. The van der Waals surface area contributed by atoms with Gasteiger partial charge in [0.1, 0.15) is 5.69 Å². The summed E-state index contributed by atoms with van der Waals surface area (Å²) < 4.78 is 0. The number of anilines is 1. The Labute approximate surface area is 175 Å². The molecule has 1 aliphatic rings. The minimum Gasteiger partial charge on any atom is -0.337 e. The van der Waals surface area contributed by atoms with Gasteiger partial charge in [-0.2, -0.15) is 5.10 Å². The first kappa shape index (κ1) is 19.8. The highest BCUT2D eigenvalue weighted by molar-refractivity contribution is 5.95. The molecule has 1 aromatic carbocycles. The molecular weight excluding hydrogens is 378 g/mol. The third kappa shape index (κ3) is 4.40. The number of likely N-dealkylation sites (tertiary alicyclic amines) is 1. The summed E-state index contributed by atoms with van der Waals surface area (Å²) in [5, 5.41) is 10.0. The number of nitrogens with one attached hydrogen (secondary N) is 2. The van der Waals surface area contributed by atoms with Gasteiger partial charge in [-0.15, -0.1) is 0 Å². The molecule has 154 valence electrons. The van der Waals surface area contributed by atoms with E-state index in [2.05, 4.69) is 27.4 Å². The Morgan fingerprint density at radius 1 is 1.23 bits per heavy atom. The first-order valence-corrected chi connectivity index (χ1v) is 10.3. The Balaban J connectivity index is 1.40. The zero-order valence-electron chi connectivity index (χ0n) is 17.0. The molecule has 4 rings (SSSR count). The predicted octanol–water partition coefficient (Wildman–Crippen LogP) is 3.53. The summed E-state index contributed by atoms with van der Waals surface area (Å²) in [6.45, 7) is 3.13. The van der Waals surface area contributed by atoms with Gasteiger partial charge in [0.15, 0.2) is 0 Å². The van der Waals surface area contributed by atoms with Crippen LogP contribution >= 0.6 is 0 Å². The molecule has 0 bridgehead atoms. The maximum absolute atomic E-state index is 12.9. The second-order valence-corrected chi connectivity index (χ2v) is 7.54. The summed E-state index contributed by atoms with van der Waals surface area (Å²) in [7, 11) is 0. The number of carbonyl (C=O) groups excluding carboxylic acids is 2. The molecule has 0 radical (unpaired) electrons. The summed E-state index contributed by atoms with van der Waals surface area (Å²) in [5.41, 5.74) is 3.96. The van der Waals surface area contributed by atoms with Gasteiger partial charge in [0.05, 0.1) is 11.6 Å². The molecule has 0 spiro atoms. The zero-order chi connectivity index (χ0) is 20.9. The zero-order valence-corrected chi connectivity index (χ0v) is 17.0. The number of carbonyl (C=O) groups is 2. The number of H-pyrrole nitrogens is 1. The summed E-state index contributed by atoms with van der Waals surface area (Å²) >= 11 is 0. The lowest BCUT2D eigenvalue weighted by atomic mass is 9.96. The standard InChI is InChI=1S/C23H25N5O2/c1-2-16-7-9-19(10-8-16)25-22(29)18-6-4-12-28(15-18)23(30)21-13-20(26-27-21)17-5-3-11-24-14-17/h3,5,7-11,13-14,18H,2,4,6,12,15H2,1H3,(H,25,29)(H,26,27)/t18-/m0/s1. The molecule has 0 saturated carbocycles. The average Bonchev–Trinajstić information content (AvgIpc) is 3.30. The van der Waals surface area contributed by atoms with Crippen molar-refractivity contribution < 1.29 is 9.59 Å². The van der Waals surface area contributed by atoms with Crippen LogP contribution in [0.2, 0.25) is 0 Å². The van der Waals surface area contributed by atoms with Gasteiger partial charge < -0.3 is 10.2 Å². The van der Waals surface area contributed by atoms with Gasteiger partial charge in [0.25, 0.3) is 5.91 Å². The minimum atomic E-state index is -0.228. The highest BCUT2D eigenvalue weighted by atomic mass is 16.2. The van der Waals surface area contributed by atoms with E-state index < -0.39 is 0 Å². The lowest BCUT2D eigenvalue weighted by molar-refractivity contribution is -0.121. The summed E-state index contributed by atoms with van der Waals surface area (Å²) in [4.78, 5) is 31.5. The molecule has 7 nitrogen and oxygen atoms in total. The lowest BCUT2D eigenvalue weighted by Crippen LogP contribution is -2.43. The van der Waals surface area contributed by atoms with Gasteiger partial charge in [0.2, 0.25) is 5.91 Å². The Kier molecular flexibility index (Phi) is 5.88. The van der Waals surface area contributed by atoms with Crippen molar-refractivity contribution in [2.45, 2.75) is 26.2 Å². The molecule has 30 heavy (non-hydrogen) atoms. The van der Waals surface area contributed by atoms with Crippen molar-refractivity contribution in [1.29, 1.82) is 0 Å². The number of amides is 2. The van der Waals surface area contributed by atoms with Crippen molar-refractivity contribution in [2.75, 3.05) is 18.4 Å². The fourth-order valence-corrected chi connectivity index (χ4v) is 3.71. The van der Waals surface area contributed by atoms with Crippen molar-refractivity contribution in [2.24, 2.45) is 5.92 Å². The van der Waals surface area contributed by atoms with E-state index in [1.54, 1.807) is 23.4 Å². The van der Waals surface area contributed by atoms with Crippen LogP contribution in [-0.4, -0.2) is 45.0 Å². The van der Waals surface area contributed by atoms with Gasteiger partial charge in [-0.3, -0.25) is 19.7 Å². The first-order chi connectivity index (χ1) is 14.6. The van der Waals surface area contributed by atoms with E-state index in [4.69, 9.17) is 0 Å². The molecule has 1 aliphatic heterocycles. The molecule has 1 atom stereocenters. The van der Waals surface area contributed by atoms with Crippen LogP contribution < -0.4 is 5.32 Å². The van der Waals surface area contributed by atoms with Crippen LogP contribution in [0.5, 0.6) is 0 Å². The molecule has 3 aromatic rings. The number of nitrogens with zero attached hydrogens (tertiary/aromatic N) is 3. The fourth-order valence-electron chi connectivity index (χ4n) is 3.71. The number of piperidine rings is 1. The third-order valence-corrected chi connectivity index (χ3v) is 5.47. The van der Waals surface area contributed by atoms with Crippen molar-refractivity contribution in [1.82, 2.24) is 20.1 Å². The van der Waals surface area contributed by atoms with Crippen molar-refractivity contribution in [3.63, 3.8) is 0 Å². The molecule has 2 N–H and O–H groups in total. The van der Waals surface area contributed by atoms with E-state index in [1.165, 1.54) is 5.56 Å². The summed E-state index contributed by atoms with van der Waals surface area (Å²) in [6.07, 6.45) is 5.93. The topological polar surface area (TPSA) is 91.0 Å². The summed E-state index contributed by atoms with van der Waals surface area (Å²) in [5.74, 6) is -0.408. The molecule has 0 unspecified atom stereocenters. The van der Waals surface area contributed by atoms with E-state index in [9.17, 15) is 9.59 Å². The predicted molar refractivity (Wildman–Crippen MR) is 115 cm³/mol. The van der Waals surface area contributed by atoms with E-state index in [1.807, 2.05) is 36.4 Å². The number of pyridine rings is 1. The van der Waals surface area contributed by atoms with Crippen LogP contribution in [0.4, 0.5) is 5.69 Å². The quantitative estimate of drug-likeness (QED) is 0.682. The van der Waals surface area contributed by atoms with Crippen LogP contribution in [0, 0.1) is 5.92 Å². The maximum atomic E-state index is 12.9. The van der Waals surface area contributed by atoms with Gasteiger partial charge >= 0.3 is 0 Å². The first-order valence-electron chi connectivity index (χ1n) is 10.3. The van der Waals surface area contributed by atoms with Crippen LogP contribution in [0.15, 0.2) is 54.9 Å². The Hall–Kier alpha value is -3.48. The minimum absolute atomic E-state index is 0.0441. The smallest absolute Gasteiger partial charge is 0.271 e. The van der Waals surface area contributed by atoms with Crippen molar-refractivity contribution >= 4 is 17.5 Å². The molecule has 7 heteroatoms. The van der Waals surface area contributed by atoms with Crippen LogP contribution in [-0.2, 0) is 11.2 Å². The maximum Gasteiger partial charge on any atom is 0.271 e. The Morgan fingerprint density at radius 3 is 2.80 bits per heavy atom. The van der Waals surface area contributed by atoms with Gasteiger partial charge in [-0.1, -0.05) is 19.1 Å². The number of benzene rings is 1. The van der Waals surface area contributed by atoms with Gasteiger partial charge in [0, 0.05) is 36.7 Å². The van der Waals surface area contributed by atoms with Gasteiger partial charge in [-0.25, -0.2) is 0 Å². The highest BCUT2D eigenvalue weighted by Gasteiger charge is 2.29. The molecule has 0 aliphatic carbocycles. The molecular formula is C23H25N5O2. The molecule has 1 fully saturated rings. The third-order valence-electron chi connectivity index (χ3n) is 5.47. The van der Waals surface area contributed by atoms with E-state index in [-0.39, 0.29) is 17.7 Å². The van der Waals surface area contributed by atoms with Crippen molar-refractivity contribution in [3.05, 3.63) is 66.1 Å². The normalized spacial score (nSPS) is 16.3. The fraction of sp³-hybridized carbons (Fsp3) is 0.304. The van der Waals surface area contributed by atoms with E-state index in [0.717, 1.165) is 30.5 Å². The molecule has 3 heterocycles. The van der Waals surface area contributed by atoms with Crippen LogP contribution in [0.1, 0.15) is 35.8 Å². The number of aromatic nitrogens is 3. The Bertz CT molecular complexity index is 1010. The van der Waals surface area contributed by atoms with Crippen LogP contribution in [0.25, 0.3) is 11.3 Å². The van der Waals surface area contributed by atoms with Crippen molar-refractivity contribution in [3.8, 4) is 11.3 Å². The number of aryl methyl sites for hydroxylation is 1. The molecule has 1 saturated heterocycles.